The quantitative estimate of drug-likeness (QED) is 0.918. The predicted molar refractivity (Wildman–Crippen MR) is 87.2 cm³/mol. The molecule has 0 aliphatic carbocycles. The second-order valence-electron chi connectivity index (χ2n) is 4.60. The summed E-state index contributed by atoms with van der Waals surface area (Å²) in [5, 5.41) is 5.60. The molecule has 2 aliphatic heterocycles. The first-order valence-electron chi connectivity index (χ1n) is 6.66. The molecule has 1 aromatic rings. The van der Waals surface area contributed by atoms with Gasteiger partial charge in [0.15, 0.2) is 0 Å². The minimum Gasteiger partial charge on any atom is -0.481 e. The van der Waals surface area contributed by atoms with Crippen molar-refractivity contribution in [2.24, 2.45) is 9.98 Å². The Bertz CT molecular complexity index is 722. The Morgan fingerprint density at radius 2 is 2.41 bits per heavy atom. The summed E-state index contributed by atoms with van der Waals surface area (Å²) in [6.07, 6.45) is 5.21. The zero-order valence-corrected chi connectivity index (χ0v) is 12.8. The van der Waals surface area contributed by atoms with Crippen LogP contribution in [-0.4, -0.2) is 35.9 Å². The number of aromatic nitrogens is 1. The molecule has 2 aliphatic rings. The number of nitrogens with zero attached hydrogens (tertiary/aromatic N) is 3. The number of ether oxygens (including phenoxy) is 1. The van der Waals surface area contributed by atoms with E-state index in [1.165, 1.54) is 11.8 Å². The van der Waals surface area contributed by atoms with Gasteiger partial charge in [0.2, 0.25) is 5.88 Å². The molecule has 0 saturated heterocycles. The fourth-order valence-electron chi connectivity index (χ4n) is 1.99. The van der Waals surface area contributed by atoms with E-state index in [2.05, 4.69) is 20.3 Å². The lowest BCUT2D eigenvalue weighted by Crippen LogP contribution is -2.25. The van der Waals surface area contributed by atoms with E-state index >= 15 is 0 Å². The van der Waals surface area contributed by atoms with Crippen LogP contribution in [0, 0.1) is 0 Å². The van der Waals surface area contributed by atoms with Crippen LogP contribution in [0.4, 0.5) is 0 Å². The Kier molecular flexibility index (Phi) is 4.34. The maximum Gasteiger partial charge on any atom is 0.252 e. The smallest absolute Gasteiger partial charge is 0.252 e. The predicted octanol–water partition coefficient (Wildman–Crippen LogP) is 1.70. The molecule has 0 aromatic carbocycles. The lowest BCUT2D eigenvalue weighted by atomic mass is 10.1. The summed E-state index contributed by atoms with van der Waals surface area (Å²) in [6, 6.07) is 3.63. The number of rotatable bonds is 4. The van der Waals surface area contributed by atoms with Gasteiger partial charge in [0.25, 0.3) is 5.91 Å². The lowest BCUT2D eigenvalue weighted by molar-refractivity contribution is -0.117. The van der Waals surface area contributed by atoms with Gasteiger partial charge in [0.1, 0.15) is 11.7 Å². The van der Waals surface area contributed by atoms with Gasteiger partial charge in [-0.2, -0.15) is 0 Å². The van der Waals surface area contributed by atoms with Gasteiger partial charge in [-0.05, 0) is 23.1 Å². The number of methoxy groups -OCH3 is 1. The monoisotopic (exact) mass is 314 g/mol. The maximum atomic E-state index is 12.2. The maximum absolute atomic E-state index is 12.2. The number of pyridine rings is 1. The normalized spacial score (nSPS) is 16.1. The number of amides is 1. The van der Waals surface area contributed by atoms with E-state index < -0.39 is 0 Å². The van der Waals surface area contributed by atoms with Crippen LogP contribution < -0.4 is 10.1 Å². The molecule has 0 radical (unpaired) electrons. The third kappa shape index (κ3) is 3.25. The molecule has 0 atom stereocenters. The fourth-order valence-corrected chi connectivity index (χ4v) is 2.79. The van der Waals surface area contributed by atoms with Crippen molar-refractivity contribution in [3.63, 3.8) is 0 Å². The number of hydrogen-bond donors (Lipinski definition) is 1. The standard InChI is InChI=1S/C15H14N4O2S/c1-21-13-4-10(2-3-17-13)6-18-14(20)12-5-11-7-16-9-19-15(11)22-8-12/h2-5,7-8H,6,9H2,1H3,(H,18,20). The Balaban J connectivity index is 1.64. The van der Waals surface area contributed by atoms with Crippen LogP contribution >= 0.6 is 11.8 Å². The summed E-state index contributed by atoms with van der Waals surface area (Å²) in [7, 11) is 1.56. The average molecular weight is 314 g/mol. The highest BCUT2D eigenvalue weighted by Crippen LogP contribution is 2.24. The van der Waals surface area contributed by atoms with Crippen molar-refractivity contribution in [3.8, 4) is 5.88 Å². The molecule has 0 fully saturated rings. The summed E-state index contributed by atoms with van der Waals surface area (Å²) in [5.41, 5.74) is 2.42. The van der Waals surface area contributed by atoms with Gasteiger partial charge in [-0.25, -0.2) is 4.98 Å². The van der Waals surface area contributed by atoms with Gasteiger partial charge in [-0.1, -0.05) is 11.8 Å². The van der Waals surface area contributed by atoms with E-state index in [0.717, 1.165) is 16.2 Å². The first-order chi connectivity index (χ1) is 10.8. The molecular weight excluding hydrogens is 300 g/mol. The molecule has 0 saturated carbocycles. The van der Waals surface area contributed by atoms with Gasteiger partial charge in [-0.3, -0.25) is 14.8 Å². The molecule has 0 bridgehead atoms. The second-order valence-corrected chi connectivity index (χ2v) is 5.45. The number of fused-ring (bicyclic) bond motifs is 1. The van der Waals surface area contributed by atoms with Crippen LogP contribution in [-0.2, 0) is 11.3 Å². The van der Waals surface area contributed by atoms with Crippen LogP contribution in [0.2, 0.25) is 0 Å². The van der Waals surface area contributed by atoms with Crippen LogP contribution in [0.3, 0.4) is 0 Å². The highest BCUT2D eigenvalue weighted by molar-refractivity contribution is 8.17. The highest BCUT2D eigenvalue weighted by atomic mass is 32.2. The number of hydrogen-bond acceptors (Lipinski definition) is 6. The Morgan fingerprint density at radius 1 is 1.50 bits per heavy atom. The van der Waals surface area contributed by atoms with Crippen LogP contribution in [0.1, 0.15) is 5.56 Å². The highest BCUT2D eigenvalue weighted by Gasteiger charge is 2.17. The molecule has 0 spiro atoms. The van der Waals surface area contributed by atoms with E-state index in [-0.39, 0.29) is 5.91 Å². The van der Waals surface area contributed by atoms with Gasteiger partial charge in [0, 0.05) is 36.2 Å². The van der Waals surface area contributed by atoms with Gasteiger partial charge >= 0.3 is 0 Å². The van der Waals surface area contributed by atoms with Gasteiger partial charge < -0.3 is 10.1 Å². The van der Waals surface area contributed by atoms with Crippen LogP contribution in [0.25, 0.3) is 0 Å². The first kappa shape index (κ1) is 14.5. The SMILES string of the molecule is COc1cc(CNC(=O)C2=CSC3=NCN=CC3=C2)ccn1. The first-order valence-corrected chi connectivity index (χ1v) is 7.54. The molecule has 1 amide bonds. The third-order valence-electron chi connectivity index (χ3n) is 3.11. The fraction of sp³-hybridized carbons (Fsp3) is 0.200. The van der Waals surface area contributed by atoms with Crippen molar-refractivity contribution in [2.45, 2.75) is 6.54 Å². The molecule has 0 unspecified atom stereocenters. The van der Waals surface area contributed by atoms with E-state index in [4.69, 9.17) is 4.74 Å². The Labute approximate surface area is 132 Å². The minimum absolute atomic E-state index is 0.131. The minimum atomic E-state index is -0.131. The molecular formula is C15H14N4O2S. The van der Waals surface area contributed by atoms with Crippen LogP contribution in [0.5, 0.6) is 5.88 Å². The van der Waals surface area contributed by atoms with Gasteiger partial charge in [-0.15, -0.1) is 0 Å². The van der Waals surface area contributed by atoms with Crippen molar-refractivity contribution in [1.29, 1.82) is 0 Å². The number of carbonyl (C=O) groups is 1. The summed E-state index contributed by atoms with van der Waals surface area (Å²) in [4.78, 5) is 24.6. The summed E-state index contributed by atoms with van der Waals surface area (Å²) in [6.45, 7) is 0.872. The molecule has 1 aromatic heterocycles. The largest absolute Gasteiger partial charge is 0.481 e. The molecule has 3 rings (SSSR count). The molecule has 112 valence electrons. The van der Waals surface area contributed by atoms with Crippen molar-refractivity contribution in [1.82, 2.24) is 10.3 Å². The molecule has 1 N–H and O–H groups in total. The van der Waals surface area contributed by atoms with Crippen molar-refractivity contribution >= 4 is 28.9 Å². The molecule has 3 heterocycles. The van der Waals surface area contributed by atoms with E-state index in [9.17, 15) is 4.79 Å². The van der Waals surface area contributed by atoms with Crippen LogP contribution in [0.15, 0.2) is 50.9 Å². The summed E-state index contributed by atoms with van der Waals surface area (Å²) < 4.78 is 5.06. The zero-order valence-electron chi connectivity index (χ0n) is 11.9. The second kappa shape index (κ2) is 6.57. The lowest BCUT2D eigenvalue weighted by Gasteiger charge is -2.15. The van der Waals surface area contributed by atoms with E-state index in [1.807, 2.05) is 11.5 Å². The topological polar surface area (TPSA) is 75.9 Å². The average Bonchev–Trinajstić information content (AvgIpc) is 2.59. The summed E-state index contributed by atoms with van der Waals surface area (Å²) in [5.74, 6) is 0.398. The number of carbonyl (C=O) groups excluding carboxylic acids is 1. The summed E-state index contributed by atoms with van der Waals surface area (Å²) >= 11 is 1.45. The van der Waals surface area contributed by atoms with Gasteiger partial charge in [0.05, 0.1) is 7.11 Å². The van der Waals surface area contributed by atoms with E-state index in [0.29, 0.717) is 24.7 Å². The molecule has 22 heavy (non-hydrogen) atoms. The molecule has 6 nitrogen and oxygen atoms in total. The Morgan fingerprint density at radius 3 is 3.27 bits per heavy atom. The third-order valence-corrected chi connectivity index (χ3v) is 4.07. The van der Waals surface area contributed by atoms with Crippen molar-refractivity contribution in [2.75, 3.05) is 13.8 Å². The van der Waals surface area contributed by atoms with E-state index in [1.54, 1.807) is 31.7 Å². The number of aliphatic imine (C=N–C) groups is 2. The zero-order chi connectivity index (χ0) is 15.4. The molecule has 7 heteroatoms. The Hall–Kier alpha value is -2.41. The number of nitrogens with one attached hydrogen (secondary N) is 1. The van der Waals surface area contributed by atoms with Crippen molar-refractivity contribution < 1.29 is 9.53 Å². The van der Waals surface area contributed by atoms with Crippen molar-refractivity contribution in [3.05, 3.63) is 46.5 Å². The number of thioether (sulfide) groups is 1.